The fraction of sp³-hybridized carbons (Fsp3) is 0.292. The summed E-state index contributed by atoms with van der Waals surface area (Å²) in [4.78, 5) is 23.3. The van der Waals surface area contributed by atoms with Crippen molar-refractivity contribution in [3.63, 3.8) is 0 Å². The molecule has 0 aromatic heterocycles. The normalized spacial score (nSPS) is 10.1. The van der Waals surface area contributed by atoms with E-state index >= 15 is 0 Å². The van der Waals surface area contributed by atoms with E-state index in [2.05, 4.69) is 18.0 Å². The summed E-state index contributed by atoms with van der Waals surface area (Å²) in [5.41, 5.74) is 3.85. The Morgan fingerprint density at radius 1 is 0.966 bits per heavy atom. The fourth-order valence-corrected chi connectivity index (χ4v) is 2.74. The van der Waals surface area contributed by atoms with E-state index in [1.165, 1.54) is 0 Å². The molecule has 1 amide bonds. The van der Waals surface area contributed by atoms with Gasteiger partial charge in [0.2, 0.25) is 5.91 Å². The second-order valence-corrected chi connectivity index (χ2v) is 6.90. The van der Waals surface area contributed by atoms with Crippen LogP contribution in [-0.2, 0) is 14.3 Å². The monoisotopic (exact) mass is 390 g/mol. The van der Waals surface area contributed by atoms with Gasteiger partial charge in [-0.05, 0) is 55.2 Å². The van der Waals surface area contributed by atoms with Crippen LogP contribution in [0.3, 0.4) is 0 Å². The van der Waals surface area contributed by atoms with Crippen molar-refractivity contribution in [1.82, 2.24) is 0 Å². The van der Waals surface area contributed by atoms with Crippen LogP contribution in [0.15, 0.2) is 60.7 Å². The zero-order chi connectivity index (χ0) is 21.1. The third-order valence-electron chi connectivity index (χ3n) is 4.40. The zero-order valence-electron chi connectivity index (χ0n) is 16.7. The molecule has 0 radical (unpaired) electrons. The first-order valence-electron chi connectivity index (χ1n) is 9.72. The fourth-order valence-electron chi connectivity index (χ4n) is 2.74. The molecule has 2 rings (SSSR count). The predicted molar refractivity (Wildman–Crippen MR) is 114 cm³/mol. The molecule has 5 heteroatoms. The van der Waals surface area contributed by atoms with Crippen LogP contribution < -0.4 is 5.32 Å². The van der Waals surface area contributed by atoms with Crippen LogP contribution in [0, 0.1) is 11.3 Å². The van der Waals surface area contributed by atoms with Crippen LogP contribution >= 0.6 is 0 Å². The van der Waals surface area contributed by atoms with Gasteiger partial charge in [-0.3, -0.25) is 4.79 Å². The summed E-state index contributed by atoms with van der Waals surface area (Å²) in [5, 5.41) is 11.8. The number of amides is 1. The Morgan fingerprint density at radius 2 is 1.55 bits per heavy atom. The summed E-state index contributed by atoms with van der Waals surface area (Å²) in [5.74, 6) is -0.362. The minimum atomic E-state index is -0.352. The van der Waals surface area contributed by atoms with Crippen molar-refractivity contribution in [3.8, 4) is 17.2 Å². The topological polar surface area (TPSA) is 79.2 Å². The average Bonchev–Trinajstić information content (AvgIpc) is 2.73. The van der Waals surface area contributed by atoms with Crippen molar-refractivity contribution >= 4 is 17.6 Å². The minimum absolute atomic E-state index is 0.00941. The van der Waals surface area contributed by atoms with Crippen molar-refractivity contribution in [1.29, 1.82) is 5.26 Å². The third-order valence-corrected chi connectivity index (χ3v) is 4.40. The molecule has 0 saturated heterocycles. The lowest BCUT2D eigenvalue weighted by atomic mass is 10.0. The number of benzene rings is 2. The number of anilines is 1. The van der Waals surface area contributed by atoms with Gasteiger partial charge in [0.25, 0.3) is 0 Å². The van der Waals surface area contributed by atoms with Gasteiger partial charge in [-0.2, -0.15) is 5.26 Å². The van der Waals surface area contributed by atoms with Crippen molar-refractivity contribution in [3.05, 3.63) is 66.2 Å². The molecule has 0 heterocycles. The molecule has 5 nitrogen and oxygen atoms in total. The Kier molecular flexibility index (Phi) is 8.65. The largest absolute Gasteiger partial charge is 0.462 e. The number of nitrogens with zero attached hydrogens (tertiary/aromatic N) is 1. The molecule has 2 aromatic carbocycles. The summed E-state index contributed by atoms with van der Waals surface area (Å²) < 4.78 is 5.03. The molecular weight excluding hydrogens is 364 g/mol. The number of carbonyl (C=O) groups is 2. The van der Waals surface area contributed by atoms with E-state index < -0.39 is 0 Å². The summed E-state index contributed by atoms with van der Waals surface area (Å²) in [6, 6.07) is 17.1. The molecular formula is C24H26N2O3. The number of nitriles is 1. The van der Waals surface area contributed by atoms with Gasteiger partial charge in [-0.15, -0.1) is 0 Å². The van der Waals surface area contributed by atoms with Gasteiger partial charge in [0.15, 0.2) is 0 Å². The van der Waals surface area contributed by atoms with E-state index in [1.807, 2.05) is 36.4 Å². The summed E-state index contributed by atoms with van der Waals surface area (Å²) in [6.07, 6.45) is 3.87. The maximum absolute atomic E-state index is 12.1. The van der Waals surface area contributed by atoms with Crippen LogP contribution in [0.4, 0.5) is 5.69 Å². The van der Waals surface area contributed by atoms with Crippen molar-refractivity contribution in [2.75, 3.05) is 11.9 Å². The molecule has 0 unspecified atom stereocenters. The number of unbranched alkanes of at least 4 members (excludes halogenated alkanes) is 3. The number of ether oxygens (including phenoxy) is 1. The Balaban J connectivity index is 1.67. The van der Waals surface area contributed by atoms with Crippen LogP contribution in [-0.4, -0.2) is 18.5 Å². The highest BCUT2D eigenvalue weighted by Gasteiger charge is 2.05. The van der Waals surface area contributed by atoms with Crippen molar-refractivity contribution in [2.24, 2.45) is 0 Å². The van der Waals surface area contributed by atoms with Crippen molar-refractivity contribution < 1.29 is 14.3 Å². The first-order valence-corrected chi connectivity index (χ1v) is 9.72. The van der Waals surface area contributed by atoms with E-state index in [-0.39, 0.29) is 11.9 Å². The third kappa shape index (κ3) is 7.63. The van der Waals surface area contributed by atoms with Gasteiger partial charge < -0.3 is 10.1 Å². The molecule has 1 N–H and O–H groups in total. The molecule has 0 saturated carbocycles. The van der Waals surface area contributed by atoms with Crippen LogP contribution in [0.1, 0.15) is 44.6 Å². The average molecular weight is 390 g/mol. The molecule has 0 aliphatic heterocycles. The second-order valence-electron chi connectivity index (χ2n) is 6.90. The van der Waals surface area contributed by atoms with Crippen LogP contribution in [0.2, 0.25) is 0 Å². The minimum Gasteiger partial charge on any atom is -0.462 e. The lowest BCUT2D eigenvalue weighted by Gasteiger charge is -2.07. The molecule has 0 bridgehead atoms. The zero-order valence-corrected chi connectivity index (χ0v) is 16.7. The first kappa shape index (κ1) is 21.9. The molecule has 150 valence electrons. The smallest absolute Gasteiger partial charge is 0.333 e. The second kappa shape index (κ2) is 11.5. The molecule has 29 heavy (non-hydrogen) atoms. The lowest BCUT2D eigenvalue weighted by Crippen LogP contribution is -2.11. The number of esters is 1. The molecule has 0 aliphatic rings. The molecule has 0 fully saturated rings. The van der Waals surface area contributed by atoms with Gasteiger partial charge in [0.1, 0.15) is 0 Å². The highest BCUT2D eigenvalue weighted by molar-refractivity contribution is 5.91. The Morgan fingerprint density at radius 3 is 2.14 bits per heavy atom. The molecule has 0 aliphatic carbocycles. The Bertz CT molecular complexity index is 878. The van der Waals surface area contributed by atoms with E-state index in [0.717, 1.165) is 42.5 Å². The van der Waals surface area contributed by atoms with E-state index in [9.17, 15) is 9.59 Å². The van der Waals surface area contributed by atoms with E-state index in [0.29, 0.717) is 24.2 Å². The Hall–Kier alpha value is -3.39. The standard InChI is InChI=1S/C24H26N2O3/c1-18(2)24(28)29-16-6-4-3-5-7-23(27)26-22-14-12-21(13-15-22)20-10-8-19(17-25)9-11-20/h8-15H,1,3-7,16H2,2H3,(H,26,27). The summed E-state index contributed by atoms with van der Waals surface area (Å²) >= 11 is 0. The van der Waals surface area contributed by atoms with Gasteiger partial charge in [-0.25, -0.2) is 4.79 Å². The van der Waals surface area contributed by atoms with Gasteiger partial charge in [0.05, 0.1) is 18.2 Å². The summed E-state index contributed by atoms with van der Waals surface area (Å²) in [7, 11) is 0. The van der Waals surface area contributed by atoms with Crippen LogP contribution in [0.25, 0.3) is 11.1 Å². The number of hydrogen-bond donors (Lipinski definition) is 1. The maximum atomic E-state index is 12.1. The summed E-state index contributed by atoms with van der Waals surface area (Å²) in [6.45, 7) is 5.55. The highest BCUT2D eigenvalue weighted by atomic mass is 16.5. The van der Waals surface area contributed by atoms with E-state index in [4.69, 9.17) is 10.00 Å². The molecule has 0 atom stereocenters. The predicted octanol–water partition coefficient (Wildman–Crippen LogP) is 5.23. The number of nitrogens with one attached hydrogen (secondary N) is 1. The first-order chi connectivity index (χ1) is 14.0. The number of carbonyl (C=O) groups excluding carboxylic acids is 2. The van der Waals surface area contributed by atoms with Crippen molar-refractivity contribution in [2.45, 2.75) is 39.0 Å². The van der Waals surface area contributed by atoms with Gasteiger partial charge >= 0.3 is 5.97 Å². The number of hydrogen-bond acceptors (Lipinski definition) is 4. The van der Waals surface area contributed by atoms with Gasteiger partial charge in [0, 0.05) is 17.7 Å². The SMILES string of the molecule is C=C(C)C(=O)OCCCCCCC(=O)Nc1ccc(-c2ccc(C#N)cc2)cc1. The molecule has 2 aromatic rings. The maximum Gasteiger partial charge on any atom is 0.333 e. The molecule has 0 spiro atoms. The Labute approximate surface area is 172 Å². The van der Waals surface area contributed by atoms with E-state index in [1.54, 1.807) is 19.1 Å². The highest BCUT2D eigenvalue weighted by Crippen LogP contribution is 2.22. The lowest BCUT2D eigenvalue weighted by molar-refractivity contribution is -0.139. The van der Waals surface area contributed by atoms with Gasteiger partial charge in [-0.1, -0.05) is 43.7 Å². The van der Waals surface area contributed by atoms with Crippen LogP contribution in [0.5, 0.6) is 0 Å². The number of rotatable bonds is 10. The quantitative estimate of drug-likeness (QED) is 0.342.